The Bertz CT molecular complexity index is 695. The van der Waals surface area contributed by atoms with Crippen molar-refractivity contribution < 1.29 is 44.5 Å². The smallest absolute Gasteiger partial charge is 0.288 e. The Morgan fingerprint density at radius 2 is 1.74 bits per heavy atom. The van der Waals surface area contributed by atoms with Crippen LogP contribution in [-0.4, -0.2) is 68.0 Å². The first-order valence-electron chi connectivity index (χ1n) is 6.83. The van der Waals surface area contributed by atoms with E-state index >= 15 is 0 Å². The van der Waals surface area contributed by atoms with Crippen LogP contribution in [0, 0.1) is 0 Å². The maximum absolute atomic E-state index is 9.88. The minimum Gasteiger partial charge on any atom is -0.508 e. The van der Waals surface area contributed by atoms with Gasteiger partial charge in [-0.05, 0) is 0 Å². The van der Waals surface area contributed by atoms with Gasteiger partial charge in [0.15, 0.2) is 0 Å². The molecule has 0 radical (unpaired) electrons. The summed E-state index contributed by atoms with van der Waals surface area (Å²) in [6.07, 6.45) is -7.16. The highest BCUT2D eigenvalue weighted by molar-refractivity contribution is 5.86. The fraction of sp³-hybridized carbons (Fsp3) is 0.429. The number of aromatic hydroxyl groups is 2. The van der Waals surface area contributed by atoms with Gasteiger partial charge in [0.2, 0.25) is 6.29 Å². The molecule has 9 nitrogen and oxygen atoms in total. The highest BCUT2D eigenvalue weighted by atomic mass is 16.7. The van der Waals surface area contributed by atoms with E-state index < -0.39 is 37.3 Å². The third kappa shape index (κ3) is 2.80. The van der Waals surface area contributed by atoms with Crippen LogP contribution in [0.4, 0.5) is 0 Å². The third-order valence-corrected chi connectivity index (χ3v) is 3.66. The van der Waals surface area contributed by atoms with Crippen LogP contribution in [0.25, 0.3) is 11.0 Å². The predicted molar refractivity (Wildman–Crippen MR) is 73.9 cm³/mol. The highest BCUT2D eigenvalue weighted by Crippen LogP contribution is 2.36. The standard InChI is InChI=1S/C14H16O9/c15-4-9-11(18)12(19)13(20)14(22-9)23-10-3-6-7(17)1-5(16)2-8(6)21-10/h1-3,9,11-20H,4H2/t9-,11-,12+,13-,14+/m1/s1. The molecule has 1 aliphatic rings. The van der Waals surface area contributed by atoms with Crippen molar-refractivity contribution in [1.82, 2.24) is 0 Å². The Hall–Kier alpha value is -2.04. The molecule has 126 valence electrons. The second kappa shape index (κ2) is 5.87. The van der Waals surface area contributed by atoms with Crippen LogP contribution >= 0.6 is 0 Å². The summed E-state index contributed by atoms with van der Waals surface area (Å²) in [5, 5.41) is 57.8. The normalized spacial score (nSPS) is 31.4. The Morgan fingerprint density at radius 3 is 2.43 bits per heavy atom. The van der Waals surface area contributed by atoms with Gasteiger partial charge in [-0.15, -0.1) is 0 Å². The number of aliphatic hydroxyl groups is 4. The molecule has 6 N–H and O–H groups in total. The Morgan fingerprint density at radius 1 is 1.00 bits per heavy atom. The van der Waals surface area contributed by atoms with Gasteiger partial charge in [0.25, 0.3) is 5.95 Å². The van der Waals surface area contributed by atoms with Crippen molar-refractivity contribution >= 4 is 11.0 Å². The van der Waals surface area contributed by atoms with Crippen LogP contribution in [-0.2, 0) is 4.74 Å². The largest absolute Gasteiger partial charge is 0.508 e. The molecular weight excluding hydrogens is 312 g/mol. The van der Waals surface area contributed by atoms with Crippen LogP contribution in [0.1, 0.15) is 0 Å². The molecule has 1 aliphatic heterocycles. The number of phenolic OH excluding ortho intramolecular Hbond substituents is 2. The minimum atomic E-state index is -1.58. The molecule has 5 atom stereocenters. The molecule has 1 aromatic carbocycles. The lowest BCUT2D eigenvalue weighted by Gasteiger charge is -2.39. The van der Waals surface area contributed by atoms with Crippen molar-refractivity contribution in [2.24, 2.45) is 0 Å². The summed E-state index contributed by atoms with van der Waals surface area (Å²) in [4.78, 5) is 0. The van der Waals surface area contributed by atoms with Gasteiger partial charge >= 0.3 is 0 Å². The fourth-order valence-electron chi connectivity index (χ4n) is 2.42. The molecule has 0 amide bonds. The number of hydrogen-bond donors (Lipinski definition) is 6. The van der Waals surface area contributed by atoms with E-state index in [1.165, 1.54) is 12.1 Å². The van der Waals surface area contributed by atoms with E-state index in [1.54, 1.807) is 0 Å². The van der Waals surface area contributed by atoms with Crippen LogP contribution in [0.15, 0.2) is 22.6 Å². The molecule has 9 heteroatoms. The summed E-state index contributed by atoms with van der Waals surface area (Å²) < 4.78 is 15.7. The van der Waals surface area contributed by atoms with E-state index in [1.807, 2.05) is 0 Å². The second-order valence-corrected chi connectivity index (χ2v) is 5.26. The topological polar surface area (TPSA) is 153 Å². The van der Waals surface area contributed by atoms with E-state index in [0.29, 0.717) is 0 Å². The zero-order chi connectivity index (χ0) is 16.7. The average molecular weight is 328 g/mol. The Kier molecular flexibility index (Phi) is 4.04. The Labute approximate surface area is 129 Å². The van der Waals surface area contributed by atoms with Crippen molar-refractivity contribution in [1.29, 1.82) is 0 Å². The van der Waals surface area contributed by atoms with Gasteiger partial charge < -0.3 is 44.5 Å². The molecule has 1 saturated heterocycles. The lowest BCUT2D eigenvalue weighted by atomic mass is 9.99. The summed E-state index contributed by atoms with van der Waals surface area (Å²) >= 11 is 0. The maximum Gasteiger partial charge on any atom is 0.288 e. The summed E-state index contributed by atoms with van der Waals surface area (Å²) in [6.45, 7) is -0.584. The SMILES string of the molecule is OC[C@H]1O[C@@H](Oc2cc3c(O)cc(O)cc3o2)[C@H](O)[C@@H](O)[C@@H]1O. The highest BCUT2D eigenvalue weighted by Gasteiger charge is 2.45. The summed E-state index contributed by atoms with van der Waals surface area (Å²) in [6, 6.07) is 3.69. The molecule has 0 bridgehead atoms. The van der Waals surface area contributed by atoms with E-state index in [0.717, 1.165) is 6.07 Å². The number of benzene rings is 1. The van der Waals surface area contributed by atoms with Gasteiger partial charge in [-0.25, -0.2) is 0 Å². The summed E-state index contributed by atoms with van der Waals surface area (Å²) in [5.41, 5.74) is 0.141. The lowest BCUT2D eigenvalue weighted by molar-refractivity contribution is -0.280. The zero-order valence-electron chi connectivity index (χ0n) is 11.7. The van der Waals surface area contributed by atoms with Crippen LogP contribution in [0.5, 0.6) is 17.4 Å². The van der Waals surface area contributed by atoms with Gasteiger partial charge in [-0.3, -0.25) is 0 Å². The minimum absolute atomic E-state index is 0.141. The molecule has 1 fully saturated rings. The quantitative estimate of drug-likeness (QED) is 0.417. The van der Waals surface area contributed by atoms with Crippen LogP contribution in [0.3, 0.4) is 0 Å². The molecule has 1 aromatic heterocycles. The average Bonchev–Trinajstić information content (AvgIpc) is 2.90. The molecule has 0 aliphatic carbocycles. The van der Waals surface area contributed by atoms with E-state index in [4.69, 9.17) is 19.0 Å². The Balaban J connectivity index is 1.85. The maximum atomic E-state index is 9.88. The first-order valence-corrected chi connectivity index (χ1v) is 6.83. The van der Waals surface area contributed by atoms with E-state index in [-0.39, 0.29) is 28.4 Å². The lowest BCUT2D eigenvalue weighted by Crippen LogP contribution is -2.60. The molecule has 23 heavy (non-hydrogen) atoms. The van der Waals surface area contributed by atoms with Crippen molar-refractivity contribution in [3.8, 4) is 17.4 Å². The van der Waals surface area contributed by atoms with Gasteiger partial charge in [-0.1, -0.05) is 0 Å². The van der Waals surface area contributed by atoms with Gasteiger partial charge in [-0.2, -0.15) is 0 Å². The summed E-state index contributed by atoms with van der Waals surface area (Å²) in [5.74, 6) is -0.582. The molecule has 3 rings (SSSR count). The number of furan rings is 1. The van der Waals surface area contributed by atoms with Crippen molar-refractivity contribution in [2.75, 3.05) is 6.61 Å². The van der Waals surface area contributed by atoms with E-state index in [2.05, 4.69) is 0 Å². The molecule has 2 aromatic rings. The monoisotopic (exact) mass is 328 g/mol. The molecule has 2 heterocycles. The number of rotatable bonds is 3. The first kappa shape index (κ1) is 15.8. The van der Waals surface area contributed by atoms with Gasteiger partial charge in [0.05, 0.1) is 12.0 Å². The van der Waals surface area contributed by atoms with Gasteiger partial charge in [0, 0.05) is 18.2 Å². The number of aliphatic hydroxyl groups excluding tert-OH is 4. The van der Waals surface area contributed by atoms with Crippen molar-refractivity contribution in [3.63, 3.8) is 0 Å². The summed E-state index contributed by atoms with van der Waals surface area (Å²) in [7, 11) is 0. The molecular formula is C14H16O9. The first-order chi connectivity index (χ1) is 10.9. The predicted octanol–water partition coefficient (Wildman–Crippen LogP) is -0.977. The van der Waals surface area contributed by atoms with E-state index in [9.17, 15) is 25.5 Å². The molecule has 0 spiro atoms. The van der Waals surface area contributed by atoms with Gasteiger partial charge in [0.1, 0.15) is 41.5 Å². The van der Waals surface area contributed by atoms with Crippen molar-refractivity contribution in [2.45, 2.75) is 30.7 Å². The molecule has 0 saturated carbocycles. The number of phenols is 2. The fourth-order valence-corrected chi connectivity index (χ4v) is 2.42. The second-order valence-electron chi connectivity index (χ2n) is 5.26. The number of ether oxygens (including phenoxy) is 2. The number of fused-ring (bicyclic) bond motifs is 1. The third-order valence-electron chi connectivity index (χ3n) is 3.66. The zero-order valence-corrected chi connectivity index (χ0v) is 11.7. The number of hydrogen-bond acceptors (Lipinski definition) is 9. The van der Waals surface area contributed by atoms with Crippen LogP contribution < -0.4 is 4.74 Å². The van der Waals surface area contributed by atoms with Crippen LogP contribution in [0.2, 0.25) is 0 Å². The van der Waals surface area contributed by atoms with Crippen molar-refractivity contribution in [3.05, 3.63) is 18.2 Å². The molecule has 0 unspecified atom stereocenters.